The number of aromatic nitrogens is 2. The minimum atomic E-state index is 0.533. The maximum atomic E-state index is 5.15. The number of nitrogens with zero attached hydrogens (tertiary/aromatic N) is 2. The lowest BCUT2D eigenvalue weighted by Crippen LogP contribution is -2.24. The van der Waals surface area contributed by atoms with E-state index in [0.29, 0.717) is 5.92 Å². The molecule has 0 spiro atoms. The number of rotatable bonds is 2. The van der Waals surface area contributed by atoms with Crippen molar-refractivity contribution in [2.24, 2.45) is 5.92 Å². The van der Waals surface area contributed by atoms with Gasteiger partial charge in [0.15, 0.2) is 0 Å². The number of methoxy groups -OCH3 is 1. The van der Waals surface area contributed by atoms with Gasteiger partial charge < -0.3 is 10.1 Å². The summed E-state index contributed by atoms with van der Waals surface area (Å²) in [6.45, 7) is 3.69. The number of nitrogens with one attached hydrogen (secondary N) is 1. The monoisotopic (exact) mass is 181 g/mol. The fourth-order valence-corrected chi connectivity index (χ4v) is 1.74. The van der Waals surface area contributed by atoms with Crippen molar-refractivity contribution < 1.29 is 4.74 Å². The molecule has 1 atom stereocenters. The maximum Gasteiger partial charge on any atom is 0.0522 e. The van der Waals surface area contributed by atoms with Crippen LogP contribution in [0.2, 0.25) is 0 Å². The molecule has 4 nitrogen and oxygen atoms in total. The van der Waals surface area contributed by atoms with E-state index in [1.54, 1.807) is 7.11 Å². The molecule has 0 saturated heterocycles. The van der Waals surface area contributed by atoms with Gasteiger partial charge in [0.25, 0.3) is 0 Å². The summed E-state index contributed by atoms with van der Waals surface area (Å²) < 4.78 is 7.21. The first-order valence-corrected chi connectivity index (χ1v) is 4.60. The summed E-state index contributed by atoms with van der Waals surface area (Å²) >= 11 is 0. The molecule has 13 heavy (non-hydrogen) atoms. The zero-order valence-electron chi connectivity index (χ0n) is 7.86. The first-order valence-electron chi connectivity index (χ1n) is 4.60. The van der Waals surface area contributed by atoms with E-state index < -0.39 is 0 Å². The topological polar surface area (TPSA) is 39.1 Å². The molecule has 0 aliphatic carbocycles. The van der Waals surface area contributed by atoms with Gasteiger partial charge in [-0.1, -0.05) is 0 Å². The Bertz CT molecular complexity index is 272. The van der Waals surface area contributed by atoms with Crippen LogP contribution in [0.25, 0.3) is 0 Å². The van der Waals surface area contributed by atoms with E-state index in [2.05, 4.69) is 21.2 Å². The van der Waals surface area contributed by atoms with E-state index in [9.17, 15) is 0 Å². The van der Waals surface area contributed by atoms with Gasteiger partial charge in [-0.25, -0.2) is 0 Å². The molecule has 4 heteroatoms. The average molecular weight is 181 g/mol. The van der Waals surface area contributed by atoms with Gasteiger partial charge in [0.1, 0.15) is 0 Å². The summed E-state index contributed by atoms with van der Waals surface area (Å²) in [5, 5.41) is 7.65. The Labute approximate surface area is 77.9 Å². The van der Waals surface area contributed by atoms with E-state index in [1.807, 2.05) is 6.20 Å². The highest BCUT2D eigenvalue weighted by molar-refractivity contribution is 5.01. The third-order valence-electron chi connectivity index (χ3n) is 2.38. The van der Waals surface area contributed by atoms with Crippen LogP contribution in [0.5, 0.6) is 0 Å². The minimum absolute atomic E-state index is 0.533. The standard InChI is InChI=1S/C9H15N3O/c1-13-7-8-4-10-5-9-2-3-11-12(9)6-8/h2-3,8,10H,4-7H2,1H3/t8-/m1/s1. The van der Waals surface area contributed by atoms with Crippen LogP contribution < -0.4 is 5.32 Å². The van der Waals surface area contributed by atoms with Gasteiger partial charge in [-0.3, -0.25) is 4.68 Å². The molecule has 0 unspecified atom stereocenters. The van der Waals surface area contributed by atoms with Crippen LogP contribution in [0, 0.1) is 5.92 Å². The van der Waals surface area contributed by atoms with Crippen molar-refractivity contribution in [2.75, 3.05) is 20.3 Å². The average Bonchev–Trinajstić information content (AvgIpc) is 2.46. The van der Waals surface area contributed by atoms with Crippen molar-refractivity contribution in [2.45, 2.75) is 13.1 Å². The lowest BCUT2D eigenvalue weighted by molar-refractivity contribution is 0.143. The van der Waals surface area contributed by atoms with E-state index >= 15 is 0 Å². The van der Waals surface area contributed by atoms with E-state index in [-0.39, 0.29) is 0 Å². The predicted molar refractivity (Wildman–Crippen MR) is 49.3 cm³/mol. The second kappa shape index (κ2) is 3.89. The van der Waals surface area contributed by atoms with Crippen molar-refractivity contribution in [1.82, 2.24) is 15.1 Å². The number of hydrogen-bond donors (Lipinski definition) is 1. The van der Waals surface area contributed by atoms with Gasteiger partial charge in [-0.05, 0) is 6.07 Å². The van der Waals surface area contributed by atoms with Gasteiger partial charge in [0.05, 0.1) is 12.3 Å². The second-order valence-electron chi connectivity index (χ2n) is 3.46. The maximum absolute atomic E-state index is 5.15. The molecule has 0 radical (unpaired) electrons. The lowest BCUT2D eigenvalue weighted by atomic mass is 10.1. The zero-order valence-corrected chi connectivity index (χ0v) is 7.86. The molecular formula is C9H15N3O. The molecule has 72 valence electrons. The predicted octanol–water partition coefficient (Wildman–Crippen LogP) is 0.249. The smallest absolute Gasteiger partial charge is 0.0522 e. The van der Waals surface area contributed by atoms with Gasteiger partial charge >= 0.3 is 0 Å². The number of ether oxygens (including phenoxy) is 1. The van der Waals surface area contributed by atoms with Crippen LogP contribution >= 0.6 is 0 Å². The Kier molecular flexibility index (Phi) is 2.61. The fraction of sp³-hybridized carbons (Fsp3) is 0.667. The second-order valence-corrected chi connectivity index (χ2v) is 3.46. The summed E-state index contributed by atoms with van der Waals surface area (Å²) in [7, 11) is 1.74. The highest BCUT2D eigenvalue weighted by Crippen LogP contribution is 2.08. The molecule has 0 bridgehead atoms. The molecule has 0 saturated carbocycles. The largest absolute Gasteiger partial charge is 0.384 e. The Morgan fingerprint density at radius 3 is 3.54 bits per heavy atom. The van der Waals surface area contributed by atoms with Crippen molar-refractivity contribution in [1.29, 1.82) is 0 Å². The molecule has 2 rings (SSSR count). The van der Waals surface area contributed by atoms with Crippen molar-refractivity contribution in [3.05, 3.63) is 18.0 Å². The van der Waals surface area contributed by atoms with Crippen LogP contribution in [0.15, 0.2) is 12.3 Å². The quantitative estimate of drug-likeness (QED) is 0.710. The molecule has 1 aliphatic rings. The summed E-state index contributed by atoms with van der Waals surface area (Å²) in [5.41, 5.74) is 1.26. The van der Waals surface area contributed by atoms with Gasteiger partial charge in [0.2, 0.25) is 0 Å². The van der Waals surface area contributed by atoms with Gasteiger partial charge in [-0.2, -0.15) is 5.10 Å². The molecule has 1 aliphatic heterocycles. The van der Waals surface area contributed by atoms with Crippen molar-refractivity contribution in [3.63, 3.8) is 0 Å². The van der Waals surface area contributed by atoms with E-state index in [0.717, 1.165) is 26.2 Å². The highest BCUT2D eigenvalue weighted by atomic mass is 16.5. The normalized spacial score (nSPS) is 22.4. The van der Waals surface area contributed by atoms with E-state index in [1.165, 1.54) is 5.69 Å². The zero-order chi connectivity index (χ0) is 9.10. The first kappa shape index (κ1) is 8.72. The van der Waals surface area contributed by atoms with Gasteiger partial charge in [-0.15, -0.1) is 0 Å². The molecule has 0 aromatic carbocycles. The SMILES string of the molecule is COC[C@@H]1CNCc2ccnn2C1. The van der Waals surface area contributed by atoms with Crippen LogP contribution in [-0.4, -0.2) is 30.0 Å². The Morgan fingerprint density at radius 1 is 1.77 bits per heavy atom. The molecule has 1 N–H and O–H groups in total. The van der Waals surface area contributed by atoms with Crippen LogP contribution in [0.4, 0.5) is 0 Å². The van der Waals surface area contributed by atoms with E-state index in [4.69, 9.17) is 4.74 Å². The number of hydrogen-bond acceptors (Lipinski definition) is 3. The molecule has 0 amide bonds. The Morgan fingerprint density at radius 2 is 2.69 bits per heavy atom. The minimum Gasteiger partial charge on any atom is -0.384 e. The van der Waals surface area contributed by atoms with Crippen LogP contribution in [-0.2, 0) is 17.8 Å². The van der Waals surface area contributed by atoms with Crippen molar-refractivity contribution >= 4 is 0 Å². The third kappa shape index (κ3) is 1.89. The van der Waals surface area contributed by atoms with Crippen LogP contribution in [0.3, 0.4) is 0 Å². The van der Waals surface area contributed by atoms with Gasteiger partial charge in [0, 0.05) is 38.9 Å². The molecule has 1 aromatic rings. The third-order valence-corrected chi connectivity index (χ3v) is 2.38. The highest BCUT2D eigenvalue weighted by Gasteiger charge is 2.15. The van der Waals surface area contributed by atoms with Crippen LogP contribution in [0.1, 0.15) is 5.69 Å². The Balaban J connectivity index is 2.07. The Hall–Kier alpha value is -0.870. The van der Waals surface area contributed by atoms with Crippen molar-refractivity contribution in [3.8, 4) is 0 Å². The summed E-state index contributed by atoms with van der Waals surface area (Å²) in [4.78, 5) is 0. The fourth-order valence-electron chi connectivity index (χ4n) is 1.74. The summed E-state index contributed by atoms with van der Waals surface area (Å²) in [6, 6.07) is 2.06. The summed E-state index contributed by atoms with van der Waals surface area (Å²) in [6.07, 6.45) is 1.85. The summed E-state index contributed by atoms with van der Waals surface area (Å²) in [5.74, 6) is 0.533. The molecule has 1 aromatic heterocycles. The number of fused-ring (bicyclic) bond motifs is 1. The molecule has 0 fully saturated rings. The lowest BCUT2D eigenvalue weighted by Gasteiger charge is -2.12. The molecular weight excluding hydrogens is 166 g/mol. The first-order chi connectivity index (χ1) is 6.40. The molecule has 2 heterocycles.